The summed E-state index contributed by atoms with van der Waals surface area (Å²) in [5.74, 6) is -0.966. The van der Waals surface area contributed by atoms with Crippen LogP contribution in [-0.2, 0) is 17.6 Å². The lowest BCUT2D eigenvalue weighted by Crippen LogP contribution is -2.47. The number of hydrogen-bond acceptors (Lipinski definition) is 3. The number of fused-ring (bicyclic) bond motifs is 1. The lowest BCUT2D eigenvalue weighted by atomic mass is 10.2. The summed E-state index contributed by atoms with van der Waals surface area (Å²) in [6.07, 6.45) is -0.377. The van der Waals surface area contributed by atoms with Gasteiger partial charge in [0, 0.05) is 11.4 Å². The SMILES string of the molecule is O=C(NCC(F)(F)F)[C@H]1CCCN1C(=O)c1cc2c(s1)CCC2. The Labute approximate surface area is 135 Å². The van der Waals surface area contributed by atoms with Gasteiger partial charge in [0.2, 0.25) is 5.91 Å². The van der Waals surface area contributed by atoms with Crippen LogP contribution < -0.4 is 5.32 Å². The van der Waals surface area contributed by atoms with Gasteiger partial charge >= 0.3 is 6.18 Å². The van der Waals surface area contributed by atoms with Gasteiger partial charge in [-0.2, -0.15) is 13.2 Å². The number of nitrogens with zero attached hydrogens (tertiary/aromatic N) is 1. The largest absolute Gasteiger partial charge is 0.405 e. The third-order valence-electron chi connectivity index (χ3n) is 4.24. The van der Waals surface area contributed by atoms with Gasteiger partial charge < -0.3 is 10.2 Å². The Hall–Kier alpha value is -1.57. The predicted octanol–water partition coefficient (Wildman–Crippen LogP) is 2.52. The molecule has 1 N–H and O–H groups in total. The Balaban J connectivity index is 1.68. The van der Waals surface area contributed by atoms with Crippen LogP contribution in [0.3, 0.4) is 0 Å². The highest BCUT2D eigenvalue weighted by Crippen LogP contribution is 2.32. The second-order valence-electron chi connectivity index (χ2n) is 5.90. The van der Waals surface area contributed by atoms with Gasteiger partial charge in [0.15, 0.2) is 0 Å². The first-order chi connectivity index (χ1) is 10.8. The number of nitrogens with one attached hydrogen (secondary N) is 1. The number of amides is 2. The van der Waals surface area contributed by atoms with E-state index in [0.717, 1.165) is 19.3 Å². The number of thiophene rings is 1. The normalized spacial score (nSPS) is 20.7. The molecule has 0 radical (unpaired) electrons. The molecule has 8 heteroatoms. The molecule has 4 nitrogen and oxygen atoms in total. The van der Waals surface area contributed by atoms with Gasteiger partial charge in [0.25, 0.3) is 5.91 Å². The van der Waals surface area contributed by atoms with Gasteiger partial charge in [-0.15, -0.1) is 11.3 Å². The summed E-state index contributed by atoms with van der Waals surface area (Å²) in [5.41, 5.74) is 1.19. The second kappa shape index (κ2) is 6.14. The Morgan fingerprint density at radius 2 is 2.09 bits per heavy atom. The number of carbonyl (C=O) groups excluding carboxylic acids is 2. The lowest BCUT2D eigenvalue weighted by molar-refractivity contribution is -0.140. The predicted molar refractivity (Wildman–Crippen MR) is 79.5 cm³/mol. The Bertz CT molecular complexity index is 605. The first-order valence-corrected chi connectivity index (χ1v) is 8.44. The van der Waals surface area contributed by atoms with Crippen LogP contribution in [0.25, 0.3) is 0 Å². The molecule has 0 aromatic carbocycles. The molecule has 1 atom stereocenters. The molecule has 1 aliphatic heterocycles. The summed E-state index contributed by atoms with van der Waals surface area (Å²) in [7, 11) is 0. The van der Waals surface area contributed by atoms with E-state index < -0.39 is 24.7 Å². The minimum Gasteiger partial charge on any atom is -0.345 e. The van der Waals surface area contributed by atoms with Crippen LogP contribution in [0.15, 0.2) is 6.07 Å². The van der Waals surface area contributed by atoms with Crippen LogP contribution in [0.1, 0.15) is 39.4 Å². The van der Waals surface area contributed by atoms with E-state index in [1.807, 2.05) is 11.4 Å². The molecule has 2 aliphatic rings. The molecule has 1 aromatic rings. The van der Waals surface area contributed by atoms with Crippen molar-refractivity contribution < 1.29 is 22.8 Å². The Morgan fingerprint density at radius 3 is 2.78 bits per heavy atom. The average molecular weight is 346 g/mol. The lowest BCUT2D eigenvalue weighted by Gasteiger charge is -2.23. The highest BCUT2D eigenvalue weighted by Gasteiger charge is 2.37. The molecule has 0 saturated carbocycles. The molecule has 3 rings (SSSR count). The maximum absolute atomic E-state index is 12.6. The number of halogens is 3. The van der Waals surface area contributed by atoms with Gasteiger partial charge in [-0.05, 0) is 43.7 Å². The molecule has 2 amide bonds. The van der Waals surface area contributed by atoms with E-state index in [-0.39, 0.29) is 5.91 Å². The molecule has 1 saturated heterocycles. The van der Waals surface area contributed by atoms with Crippen LogP contribution in [0.2, 0.25) is 0 Å². The van der Waals surface area contributed by atoms with Crippen molar-refractivity contribution in [3.05, 3.63) is 21.4 Å². The smallest absolute Gasteiger partial charge is 0.345 e. The van der Waals surface area contributed by atoms with Crippen LogP contribution in [-0.4, -0.2) is 42.0 Å². The molecule has 0 bridgehead atoms. The van der Waals surface area contributed by atoms with Gasteiger partial charge in [-0.25, -0.2) is 0 Å². The van der Waals surface area contributed by atoms with Crippen molar-refractivity contribution in [1.82, 2.24) is 10.2 Å². The third kappa shape index (κ3) is 3.52. The molecule has 0 spiro atoms. The minimum atomic E-state index is -4.45. The van der Waals surface area contributed by atoms with Gasteiger partial charge in [0.1, 0.15) is 12.6 Å². The first kappa shape index (κ1) is 16.3. The van der Waals surface area contributed by atoms with E-state index in [0.29, 0.717) is 24.3 Å². The fraction of sp³-hybridized carbons (Fsp3) is 0.600. The fourth-order valence-corrected chi connectivity index (χ4v) is 4.37. The van der Waals surface area contributed by atoms with Crippen molar-refractivity contribution in [2.24, 2.45) is 0 Å². The van der Waals surface area contributed by atoms with Crippen molar-refractivity contribution >= 4 is 23.2 Å². The van der Waals surface area contributed by atoms with E-state index in [1.54, 1.807) is 0 Å². The molecule has 1 aliphatic carbocycles. The summed E-state index contributed by atoms with van der Waals surface area (Å²) < 4.78 is 36.7. The number of carbonyl (C=O) groups is 2. The van der Waals surface area contributed by atoms with Crippen molar-refractivity contribution in [1.29, 1.82) is 0 Å². The number of rotatable bonds is 3. The molecule has 126 valence electrons. The van der Waals surface area contributed by atoms with E-state index in [9.17, 15) is 22.8 Å². The van der Waals surface area contributed by atoms with Crippen molar-refractivity contribution in [3.8, 4) is 0 Å². The van der Waals surface area contributed by atoms with Crippen molar-refractivity contribution in [2.75, 3.05) is 13.1 Å². The molecule has 0 unspecified atom stereocenters. The third-order valence-corrected chi connectivity index (χ3v) is 5.46. The fourth-order valence-electron chi connectivity index (χ4n) is 3.16. The van der Waals surface area contributed by atoms with Crippen molar-refractivity contribution in [3.63, 3.8) is 0 Å². The monoisotopic (exact) mass is 346 g/mol. The Kier molecular flexibility index (Phi) is 4.35. The number of likely N-dealkylation sites (tertiary alicyclic amines) is 1. The molecular formula is C15H17F3N2O2S. The van der Waals surface area contributed by atoms with Crippen LogP contribution in [0, 0.1) is 0 Å². The topological polar surface area (TPSA) is 49.4 Å². The zero-order valence-corrected chi connectivity index (χ0v) is 13.2. The molecule has 1 fully saturated rings. The average Bonchev–Trinajstić information content (AvgIpc) is 3.17. The van der Waals surface area contributed by atoms with E-state index in [4.69, 9.17) is 0 Å². The van der Waals surface area contributed by atoms with Crippen molar-refractivity contribution in [2.45, 2.75) is 44.3 Å². The summed E-state index contributed by atoms with van der Waals surface area (Å²) in [4.78, 5) is 27.8. The highest BCUT2D eigenvalue weighted by atomic mass is 32.1. The molecule has 1 aromatic heterocycles. The molecule has 2 heterocycles. The van der Waals surface area contributed by atoms with Crippen LogP contribution in [0.4, 0.5) is 13.2 Å². The van der Waals surface area contributed by atoms with Gasteiger partial charge in [-0.1, -0.05) is 0 Å². The number of aryl methyl sites for hydroxylation is 2. The highest BCUT2D eigenvalue weighted by molar-refractivity contribution is 7.14. The maximum atomic E-state index is 12.6. The van der Waals surface area contributed by atoms with Gasteiger partial charge in [0.05, 0.1) is 4.88 Å². The molecular weight excluding hydrogens is 329 g/mol. The molecule has 23 heavy (non-hydrogen) atoms. The zero-order valence-electron chi connectivity index (χ0n) is 12.4. The second-order valence-corrected chi connectivity index (χ2v) is 7.04. The summed E-state index contributed by atoms with van der Waals surface area (Å²) >= 11 is 1.45. The van der Waals surface area contributed by atoms with Crippen LogP contribution in [0.5, 0.6) is 0 Å². The van der Waals surface area contributed by atoms with Crippen LogP contribution >= 0.6 is 11.3 Å². The Morgan fingerprint density at radius 1 is 1.30 bits per heavy atom. The standard InChI is InChI=1S/C15H17F3N2O2S/c16-15(17,18)8-19-13(21)10-4-2-6-20(10)14(22)12-7-9-3-1-5-11(9)23-12/h7,10H,1-6,8H2,(H,19,21)/t10-/m1/s1. The zero-order chi connectivity index (χ0) is 16.6. The van der Waals surface area contributed by atoms with E-state index in [2.05, 4.69) is 0 Å². The number of hydrogen-bond donors (Lipinski definition) is 1. The summed E-state index contributed by atoms with van der Waals surface area (Å²) in [6, 6.07) is 1.07. The number of alkyl halides is 3. The van der Waals surface area contributed by atoms with E-state index in [1.165, 1.54) is 26.7 Å². The van der Waals surface area contributed by atoms with E-state index >= 15 is 0 Å². The minimum absolute atomic E-state index is 0.242. The van der Waals surface area contributed by atoms with Gasteiger partial charge in [-0.3, -0.25) is 9.59 Å². The summed E-state index contributed by atoms with van der Waals surface area (Å²) in [6.45, 7) is -0.955. The quantitative estimate of drug-likeness (QED) is 0.914. The first-order valence-electron chi connectivity index (χ1n) is 7.62. The summed E-state index contributed by atoms with van der Waals surface area (Å²) in [5, 5.41) is 1.89. The maximum Gasteiger partial charge on any atom is 0.405 e.